The Hall–Kier alpha value is -1.27. The fourth-order valence-electron chi connectivity index (χ4n) is 13.0. The molecule has 2 spiro atoms. The minimum absolute atomic E-state index is 0.0715. The third-order valence-electron chi connectivity index (χ3n) is 15.4. The normalized spacial score (nSPS) is 52.2. The molecule has 2 heterocycles. The molecule has 0 radical (unpaired) electrons. The first-order valence-corrected chi connectivity index (χ1v) is 18.1. The smallest absolute Gasteiger partial charge is 0.303 e. The predicted molar refractivity (Wildman–Crippen MR) is 170 cm³/mol. The van der Waals surface area contributed by atoms with Gasteiger partial charge in [0.1, 0.15) is 48.0 Å². The van der Waals surface area contributed by atoms with E-state index in [0.29, 0.717) is 24.0 Å². The molecule has 266 valence electrons. The molecule has 0 aromatic carbocycles. The van der Waals surface area contributed by atoms with E-state index in [1.165, 1.54) is 12.5 Å². The molecule has 0 bridgehead atoms. The lowest BCUT2D eigenvalue weighted by atomic mass is 9.41. The molecule has 0 aromatic rings. The van der Waals surface area contributed by atoms with Crippen LogP contribution in [0.3, 0.4) is 0 Å². The summed E-state index contributed by atoms with van der Waals surface area (Å²) in [4.78, 5) is 11.8. The van der Waals surface area contributed by atoms with Gasteiger partial charge in [-0.2, -0.15) is 0 Å². The molecule has 7 aliphatic rings. The number of carbonyl (C=O) groups excluding carboxylic acids is 1. The van der Waals surface area contributed by atoms with E-state index in [9.17, 15) is 30.3 Å². The van der Waals surface area contributed by atoms with E-state index >= 15 is 0 Å². The van der Waals surface area contributed by atoms with Crippen LogP contribution in [0.15, 0.2) is 11.3 Å². The molecule has 7 rings (SSSR count). The van der Waals surface area contributed by atoms with E-state index in [0.717, 1.165) is 44.9 Å². The van der Waals surface area contributed by atoms with E-state index < -0.39 is 59.9 Å². The van der Waals surface area contributed by atoms with Crippen LogP contribution in [0.4, 0.5) is 0 Å². The molecule has 10 nitrogen and oxygen atoms in total. The minimum atomic E-state index is -1.30. The summed E-state index contributed by atoms with van der Waals surface area (Å²) >= 11 is 0. The SMILES string of the molecule is CC(=O)OC(C)(C)[C@@H](O)[C@H]1C[C@@H](C)C2=C(O1)[C@H](O)[C@@]1(C)[C@@H]3CC[C@H]4C(C)(C)[C@@H](OC5OC[C@@H](O)[C@H](O)[C@H]5O)CC[C@@]45C[C@@]35CC[C@]21C. The number of carbonyl (C=O) groups is 1. The van der Waals surface area contributed by atoms with Crippen molar-refractivity contribution in [3.05, 3.63) is 11.3 Å². The van der Waals surface area contributed by atoms with Crippen molar-refractivity contribution < 1.29 is 49.3 Å². The van der Waals surface area contributed by atoms with Crippen LogP contribution in [-0.2, 0) is 23.7 Å². The van der Waals surface area contributed by atoms with E-state index in [1.54, 1.807) is 13.8 Å². The zero-order valence-electron chi connectivity index (χ0n) is 29.5. The Balaban J connectivity index is 1.13. The largest absolute Gasteiger partial charge is 0.489 e. The zero-order valence-corrected chi connectivity index (χ0v) is 29.5. The Kier molecular flexibility index (Phi) is 7.73. The average molecular weight is 663 g/mol. The third-order valence-corrected chi connectivity index (χ3v) is 15.4. The van der Waals surface area contributed by atoms with E-state index in [-0.39, 0.29) is 40.3 Å². The lowest BCUT2D eigenvalue weighted by Crippen LogP contribution is -2.61. The van der Waals surface area contributed by atoms with Gasteiger partial charge >= 0.3 is 5.97 Å². The molecule has 5 fully saturated rings. The lowest BCUT2D eigenvalue weighted by molar-refractivity contribution is -0.303. The van der Waals surface area contributed by atoms with Gasteiger partial charge in [-0.1, -0.05) is 34.6 Å². The van der Waals surface area contributed by atoms with Crippen molar-refractivity contribution in [2.24, 2.45) is 44.8 Å². The number of ether oxygens (including phenoxy) is 4. The minimum Gasteiger partial charge on any atom is -0.489 e. The van der Waals surface area contributed by atoms with Gasteiger partial charge in [-0.05, 0) is 105 Å². The molecule has 5 aliphatic carbocycles. The molecule has 15 atom stereocenters. The van der Waals surface area contributed by atoms with Crippen molar-refractivity contribution in [1.82, 2.24) is 0 Å². The second kappa shape index (κ2) is 10.6. The van der Waals surface area contributed by atoms with Crippen LogP contribution in [0.25, 0.3) is 0 Å². The number of hydrogen-bond donors (Lipinski definition) is 5. The molecule has 2 aliphatic heterocycles. The predicted octanol–water partition coefficient (Wildman–Crippen LogP) is 3.60. The second-order valence-electron chi connectivity index (χ2n) is 18.1. The monoisotopic (exact) mass is 662 g/mol. The highest BCUT2D eigenvalue weighted by Gasteiger charge is 2.83. The first-order valence-electron chi connectivity index (χ1n) is 18.1. The van der Waals surface area contributed by atoms with Gasteiger partial charge in [0.2, 0.25) is 0 Å². The van der Waals surface area contributed by atoms with Crippen molar-refractivity contribution in [1.29, 1.82) is 0 Å². The number of aliphatic hydroxyl groups excluding tert-OH is 5. The van der Waals surface area contributed by atoms with E-state index in [4.69, 9.17) is 18.9 Å². The summed E-state index contributed by atoms with van der Waals surface area (Å²) in [5.41, 5.74) is -0.471. The summed E-state index contributed by atoms with van der Waals surface area (Å²) < 4.78 is 24.2. The molecule has 0 amide bonds. The molecule has 4 saturated carbocycles. The maximum absolute atomic E-state index is 12.4. The van der Waals surface area contributed by atoms with Gasteiger partial charge in [0, 0.05) is 17.8 Å². The van der Waals surface area contributed by atoms with Gasteiger partial charge in [0.25, 0.3) is 0 Å². The number of esters is 1. The lowest BCUT2D eigenvalue weighted by Gasteiger charge is -2.63. The van der Waals surface area contributed by atoms with Gasteiger partial charge in [-0.3, -0.25) is 4.79 Å². The van der Waals surface area contributed by atoms with Crippen LogP contribution in [0.1, 0.15) is 107 Å². The Bertz CT molecular complexity index is 1330. The summed E-state index contributed by atoms with van der Waals surface area (Å²) in [6, 6.07) is 0. The molecule has 5 N–H and O–H groups in total. The first-order chi connectivity index (χ1) is 21.8. The topological polar surface area (TPSA) is 155 Å². The summed E-state index contributed by atoms with van der Waals surface area (Å²) in [7, 11) is 0. The Labute approximate surface area is 279 Å². The Morgan fingerprint density at radius 3 is 2.30 bits per heavy atom. The van der Waals surface area contributed by atoms with Gasteiger partial charge in [-0.15, -0.1) is 0 Å². The number of allylic oxidation sites excluding steroid dienone is 1. The summed E-state index contributed by atoms with van der Waals surface area (Å²) in [5.74, 6) is 1.02. The van der Waals surface area contributed by atoms with Crippen LogP contribution < -0.4 is 0 Å². The third kappa shape index (κ3) is 4.37. The fourth-order valence-corrected chi connectivity index (χ4v) is 13.0. The van der Waals surface area contributed by atoms with E-state index in [1.807, 2.05) is 0 Å². The highest BCUT2D eigenvalue weighted by atomic mass is 16.7. The van der Waals surface area contributed by atoms with Crippen molar-refractivity contribution in [3.63, 3.8) is 0 Å². The van der Waals surface area contributed by atoms with Crippen LogP contribution >= 0.6 is 0 Å². The van der Waals surface area contributed by atoms with Crippen LogP contribution in [0, 0.1) is 44.8 Å². The number of aliphatic hydroxyl groups is 5. The van der Waals surface area contributed by atoms with Gasteiger partial charge in [0.05, 0.1) is 12.7 Å². The van der Waals surface area contributed by atoms with Crippen molar-refractivity contribution in [3.8, 4) is 0 Å². The van der Waals surface area contributed by atoms with Crippen molar-refractivity contribution in [2.45, 2.75) is 161 Å². The highest BCUT2D eigenvalue weighted by molar-refractivity contribution is 5.66. The molecule has 0 aromatic heterocycles. The molecular formula is C37H58O10. The molecule has 47 heavy (non-hydrogen) atoms. The van der Waals surface area contributed by atoms with Gasteiger partial charge in [-0.25, -0.2) is 0 Å². The molecule has 10 heteroatoms. The Morgan fingerprint density at radius 1 is 0.957 bits per heavy atom. The first kappa shape index (κ1) is 34.2. The van der Waals surface area contributed by atoms with Gasteiger partial charge in [0.15, 0.2) is 6.29 Å². The maximum Gasteiger partial charge on any atom is 0.303 e. The van der Waals surface area contributed by atoms with Gasteiger partial charge < -0.3 is 44.5 Å². The highest BCUT2D eigenvalue weighted by Crippen LogP contribution is 2.89. The quantitative estimate of drug-likeness (QED) is 0.218. The van der Waals surface area contributed by atoms with Crippen molar-refractivity contribution >= 4 is 5.97 Å². The zero-order chi connectivity index (χ0) is 34.3. The van der Waals surface area contributed by atoms with E-state index in [2.05, 4.69) is 34.6 Å². The standard InChI is InChI=1S/C37H58O10/c1-18-15-21(29(42)33(5,6)47-19(2)38)45-28-25(18)34(7)13-14-37-17-36(37)12-11-24(46-31-27(41)26(40)20(39)16-44-31)32(3,4)22(36)9-10-23(37)35(34,8)30(28)43/h18,20-24,26-27,29-31,39-43H,9-17H2,1-8H3/t18-,20-,21-,22+,23+,24+,26+,27-,29+,30+,31?,34-,35-,36-,37+/m1/s1. The fraction of sp³-hybridized carbons (Fsp3) is 0.919. The molecule has 1 unspecified atom stereocenters. The maximum atomic E-state index is 12.4. The summed E-state index contributed by atoms with van der Waals surface area (Å²) in [6.45, 7) is 16.1. The average Bonchev–Trinajstić information content (AvgIpc) is 3.62. The van der Waals surface area contributed by atoms with Crippen LogP contribution in [-0.4, -0.2) is 92.7 Å². The molecular weight excluding hydrogens is 604 g/mol. The summed E-state index contributed by atoms with van der Waals surface area (Å²) in [6.07, 6.45) is 0.416. The number of rotatable bonds is 5. The number of fused-ring (bicyclic) bond motifs is 3. The van der Waals surface area contributed by atoms with Crippen LogP contribution in [0.5, 0.6) is 0 Å². The summed E-state index contributed by atoms with van der Waals surface area (Å²) in [5, 5.41) is 54.6. The van der Waals surface area contributed by atoms with Crippen LogP contribution in [0.2, 0.25) is 0 Å². The second-order valence-corrected chi connectivity index (χ2v) is 18.1. The molecule has 1 saturated heterocycles. The number of hydrogen-bond acceptors (Lipinski definition) is 10. The van der Waals surface area contributed by atoms with Crippen molar-refractivity contribution in [2.75, 3.05) is 6.61 Å². The Morgan fingerprint density at radius 2 is 1.62 bits per heavy atom.